The molecule has 29 heavy (non-hydrogen) atoms. The number of anilines is 1. The third-order valence-corrected chi connectivity index (χ3v) is 6.27. The molecule has 0 aliphatic carbocycles. The molecule has 1 fully saturated rings. The van der Waals surface area contributed by atoms with E-state index < -0.39 is 0 Å². The summed E-state index contributed by atoms with van der Waals surface area (Å²) in [6.45, 7) is 4.94. The molecule has 1 aliphatic rings. The van der Waals surface area contributed by atoms with Crippen LogP contribution in [0.25, 0.3) is 10.2 Å². The van der Waals surface area contributed by atoms with Crippen LogP contribution in [0.1, 0.15) is 22.8 Å². The number of thiazole rings is 1. The van der Waals surface area contributed by atoms with Crippen molar-refractivity contribution >= 4 is 38.5 Å². The molecule has 0 unspecified atom stereocenters. The molecule has 0 bridgehead atoms. The first-order valence-electron chi connectivity index (χ1n) is 9.89. The minimum atomic E-state index is -0.224. The molecule has 2 heterocycles. The van der Waals surface area contributed by atoms with Gasteiger partial charge in [-0.3, -0.25) is 9.59 Å². The fraction of sp³-hybridized carbons (Fsp3) is 0.318. The summed E-state index contributed by atoms with van der Waals surface area (Å²) >= 11 is 1.71. The van der Waals surface area contributed by atoms with Gasteiger partial charge in [-0.25, -0.2) is 4.98 Å². The van der Waals surface area contributed by atoms with E-state index in [2.05, 4.69) is 35.3 Å². The van der Waals surface area contributed by atoms with Gasteiger partial charge in [-0.05, 0) is 36.2 Å². The Bertz CT molecular complexity index is 1010. The van der Waals surface area contributed by atoms with Crippen molar-refractivity contribution in [2.45, 2.75) is 13.3 Å². The van der Waals surface area contributed by atoms with E-state index in [0.717, 1.165) is 30.2 Å². The number of nitrogens with one attached hydrogen (secondary N) is 1. The molecule has 2 aromatic carbocycles. The monoisotopic (exact) mass is 408 g/mol. The second-order valence-electron chi connectivity index (χ2n) is 7.07. The van der Waals surface area contributed by atoms with Crippen LogP contribution in [-0.2, 0) is 11.2 Å². The Kier molecular flexibility index (Phi) is 5.76. The van der Waals surface area contributed by atoms with Gasteiger partial charge in [-0.2, -0.15) is 0 Å². The third-order valence-electron chi connectivity index (χ3n) is 5.19. The fourth-order valence-corrected chi connectivity index (χ4v) is 4.50. The molecule has 7 heteroatoms. The average Bonchev–Trinajstić information content (AvgIpc) is 3.21. The SMILES string of the molecule is CCc1ccc2nc(N3CCN(C(=O)CNC(=O)c4ccccc4)CC3)sc2c1. The molecule has 6 nitrogen and oxygen atoms in total. The molecule has 4 rings (SSSR count). The summed E-state index contributed by atoms with van der Waals surface area (Å²) in [7, 11) is 0. The minimum absolute atomic E-state index is 0.0225. The first kappa shape index (κ1) is 19.4. The molecule has 0 atom stereocenters. The van der Waals surface area contributed by atoms with Gasteiger partial charge in [-0.1, -0.05) is 42.5 Å². The zero-order chi connectivity index (χ0) is 20.2. The summed E-state index contributed by atoms with van der Waals surface area (Å²) in [6, 6.07) is 15.4. The number of aryl methyl sites for hydroxylation is 1. The third kappa shape index (κ3) is 4.40. The second-order valence-corrected chi connectivity index (χ2v) is 8.08. The van der Waals surface area contributed by atoms with Crippen LogP contribution in [0, 0.1) is 0 Å². The molecule has 3 aromatic rings. The maximum absolute atomic E-state index is 12.5. The molecule has 2 amide bonds. The van der Waals surface area contributed by atoms with Crippen molar-refractivity contribution < 1.29 is 9.59 Å². The van der Waals surface area contributed by atoms with E-state index in [0.29, 0.717) is 18.7 Å². The lowest BCUT2D eigenvalue weighted by Gasteiger charge is -2.34. The van der Waals surface area contributed by atoms with Crippen LogP contribution >= 0.6 is 11.3 Å². The molecule has 0 radical (unpaired) electrons. The van der Waals surface area contributed by atoms with Gasteiger partial charge in [0.1, 0.15) is 0 Å². The minimum Gasteiger partial charge on any atom is -0.345 e. The van der Waals surface area contributed by atoms with Crippen molar-refractivity contribution in [3.63, 3.8) is 0 Å². The van der Waals surface area contributed by atoms with Crippen LogP contribution in [0.4, 0.5) is 5.13 Å². The number of piperazine rings is 1. The number of hydrogen-bond acceptors (Lipinski definition) is 5. The Balaban J connectivity index is 1.31. The van der Waals surface area contributed by atoms with Crippen molar-refractivity contribution in [3.05, 3.63) is 59.7 Å². The van der Waals surface area contributed by atoms with Crippen molar-refractivity contribution in [3.8, 4) is 0 Å². The van der Waals surface area contributed by atoms with Gasteiger partial charge < -0.3 is 15.1 Å². The van der Waals surface area contributed by atoms with Crippen molar-refractivity contribution in [2.24, 2.45) is 0 Å². The highest BCUT2D eigenvalue weighted by atomic mass is 32.1. The van der Waals surface area contributed by atoms with E-state index in [1.807, 2.05) is 11.0 Å². The van der Waals surface area contributed by atoms with Crippen molar-refractivity contribution in [2.75, 3.05) is 37.6 Å². The van der Waals surface area contributed by atoms with E-state index in [-0.39, 0.29) is 18.4 Å². The van der Waals surface area contributed by atoms with Crippen LogP contribution in [0.5, 0.6) is 0 Å². The normalized spacial score (nSPS) is 14.2. The molecule has 0 spiro atoms. The van der Waals surface area contributed by atoms with Gasteiger partial charge in [0, 0.05) is 31.7 Å². The van der Waals surface area contributed by atoms with Crippen molar-refractivity contribution in [1.82, 2.24) is 15.2 Å². The van der Waals surface area contributed by atoms with E-state index in [4.69, 9.17) is 4.98 Å². The smallest absolute Gasteiger partial charge is 0.251 e. The standard InChI is InChI=1S/C22H24N4O2S/c1-2-16-8-9-18-19(14-16)29-22(24-18)26-12-10-25(11-13-26)20(27)15-23-21(28)17-6-4-3-5-7-17/h3-9,14H,2,10-13,15H2,1H3,(H,23,28). The second kappa shape index (κ2) is 8.61. The molecule has 0 saturated carbocycles. The highest BCUT2D eigenvalue weighted by Gasteiger charge is 2.23. The fourth-order valence-electron chi connectivity index (χ4n) is 3.42. The Morgan fingerprint density at radius 2 is 1.83 bits per heavy atom. The van der Waals surface area contributed by atoms with E-state index >= 15 is 0 Å². The predicted molar refractivity (Wildman–Crippen MR) is 117 cm³/mol. The van der Waals surface area contributed by atoms with Crippen LogP contribution < -0.4 is 10.2 Å². The van der Waals surface area contributed by atoms with E-state index in [9.17, 15) is 9.59 Å². The van der Waals surface area contributed by atoms with Gasteiger partial charge >= 0.3 is 0 Å². The molecule has 150 valence electrons. The maximum atomic E-state index is 12.5. The summed E-state index contributed by atoms with van der Waals surface area (Å²) in [4.78, 5) is 33.4. The summed E-state index contributed by atoms with van der Waals surface area (Å²) in [5.74, 6) is -0.274. The van der Waals surface area contributed by atoms with Gasteiger partial charge in [0.05, 0.1) is 16.8 Å². The van der Waals surface area contributed by atoms with Crippen LogP contribution in [0.15, 0.2) is 48.5 Å². The molecule has 1 aromatic heterocycles. The molecular formula is C22H24N4O2S. The number of carbonyl (C=O) groups is 2. The Morgan fingerprint density at radius 3 is 2.55 bits per heavy atom. The van der Waals surface area contributed by atoms with Crippen molar-refractivity contribution in [1.29, 1.82) is 0 Å². The quantitative estimate of drug-likeness (QED) is 0.705. The van der Waals surface area contributed by atoms with E-state index in [1.54, 1.807) is 35.6 Å². The van der Waals surface area contributed by atoms with Gasteiger partial charge in [0.15, 0.2) is 5.13 Å². The lowest BCUT2D eigenvalue weighted by molar-refractivity contribution is -0.130. The lowest BCUT2D eigenvalue weighted by atomic mass is 10.2. The molecule has 1 aliphatic heterocycles. The summed E-state index contributed by atoms with van der Waals surface area (Å²) < 4.78 is 1.21. The zero-order valence-electron chi connectivity index (χ0n) is 16.4. The van der Waals surface area contributed by atoms with Gasteiger partial charge in [0.25, 0.3) is 5.91 Å². The van der Waals surface area contributed by atoms with Crippen LogP contribution in [-0.4, -0.2) is 54.4 Å². The number of amides is 2. The molecular weight excluding hydrogens is 384 g/mol. The lowest BCUT2D eigenvalue weighted by Crippen LogP contribution is -2.51. The number of fused-ring (bicyclic) bond motifs is 1. The maximum Gasteiger partial charge on any atom is 0.251 e. The summed E-state index contributed by atoms with van der Waals surface area (Å²) in [5, 5.41) is 3.73. The number of benzene rings is 2. The van der Waals surface area contributed by atoms with Gasteiger partial charge in [-0.15, -0.1) is 0 Å². The number of carbonyl (C=O) groups excluding carboxylic acids is 2. The first-order valence-corrected chi connectivity index (χ1v) is 10.7. The Morgan fingerprint density at radius 1 is 1.07 bits per heavy atom. The first-order chi connectivity index (χ1) is 14.1. The predicted octanol–water partition coefficient (Wildman–Crippen LogP) is 2.94. The highest BCUT2D eigenvalue weighted by molar-refractivity contribution is 7.22. The summed E-state index contributed by atoms with van der Waals surface area (Å²) in [6.07, 6.45) is 1.02. The topological polar surface area (TPSA) is 65.5 Å². The summed E-state index contributed by atoms with van der Waals surface area (Å²) in [5.41, 5.74) is 2.91. The number of rotatable bonds is 5. The zero-order valence-corrected chi connectivity index (χ0v) is 17.2. The molecule has 1 N–H and O–H groups in total. The number of hydrogen-bond donors (Lipinski definition) is 1. The average molecular weight is 409 g/mol. The van der Waals surface area contributed by atoms with Crippen LogP contribution in [0.2, 0.25) is 0 Å². The largest absolute Gasteiger partial charge is 0.345 e. The Labute approximate surface area is 174 Å². The Hall–Kier alpha value is -2.93. The van der Waals surface area contributed by atoms with E-state index in [1.165, 1.54) is 10.3 Å². The highest BCUT2D eigenvalue weighted by Crippen LogP contribution is 2.30. The van der Waals surface area contributed by atoms with Crippen LogP contribution in [0.3, 0.4) is 0 Å². The molecule has 1 saturated heterocycles. The number of nitrogens with zero attached hydrogens (tertiary/aromatic N) is 3. The number of aromatic nitrogens is 1. The van der Waals surface area contributed by atoms with Gasteiger partial charge in [0.2, 0.25) is 5.91 Å².